The van der Waals surface area contributed by atoms with E-state index in [1.54, 1.807) is 35.2 Å². The van der Waals surface area contributed by atoms with E-state index in [1.165, 1.54) is 30.3 Å². The number of carbonyl (C=O) groups is 1. The zero-order valence-corrected chi connectivity index (χ0v) is 18.2. The van der Waals surface area contributed by atoms with Crippen molar-refractivity contribution in [1.82, 2.24) is 0 Å². The number of hydrogen-bond donors (Lipinski definition) is 1. The maximum absolute atomic E-state index is 13.2. The number of rotatable bonds is 4. The molecule has 3 aromatic rings. The Balaban J connectivity index is 1.63. The minimum atomic E-state index is -3.77. The molecule has 0 aromatic heterocycles. The molecule has 0 unspecified atom stereocenters. The van der Waals surface area contributed by atoms with Crippen molar-refractivity contribution in [3.63, 3.8) is 0 Å². The van der Waals surface area contributed by atoms with E-state index in [1.807, 2.05) is 6.07 Å². The molecule has 1 aliphatic heterocycles. The molecule has 1 aliphatic rings. The van der Waals surface area contributed by atoms with Crippen molar-refractivity contribution in [1.29, 1.82) is 0 Å². The number of aryl methyl sites for hydroxylation is 1. The van der Waals surface area contributed by atoms with Crippen LogP contribution < -0.4 is 9.62 Å². The van der Waals surface area contributed by atoms with Crippen LogP contribution in [0.5, 0.6) is 0 Å². The number of fused-ring (bicyclic) bond motifs is 1. The topological polar surface area (TPSA) is 66.5 Å². The molecular formula is C22H18BrFN2O3S. The van der Waals surface area contributed by atoms with Crippen LogP contribution in [-0.4, -0.2) is 20.9 Å². The van der Waals surface area contributed by atoms with E-state index in [9.17, 15) is 17.6 Å². The van der Waals surface area contributed by atoms with Gasteiger partial charge in [0.1, 0.15) is 5.82 Å². The fraction of sp³-hybridized carbons (Fsp3) is 0.136. The smallest absolute Gasteiger partial charge is 0.261 e. The van der Waals surface area contributed by atoms with E-state index in [0.29, 0.717) is 36.3 Å². The maximum atomic E-state index is 13.2. The van der Waals surface area contributed by atoms with Crippen molar-refractivity contribution in [3.8, 4) is 0 Å². The second-order valence-electron chi connectivity index (χ2n) is 6.97. The highest BCUT2D eigenvalue weighted by Crippen LogP contribution is 2.31. The second kappa shape index (κ2) is 8.20. The van der Waals surface area contributed by atoms with Crippen molar-refractivity contribution in [2.24, 2.45) is 0 Å². The average Bonchev–Trinajstić information content (AvgIpc) is 2.72. The lowest BCUT2D eigenvalue weighted by Gasteiger charge is -2.30. The number of halogens is 2. The van der Waals surface area contributed by atoms with E-state index in [2.05, 4.69) is 20.7 Å². The maximum Gasteiger partial charge on any atom is 0.261 e. The predicted octanol–water partition coefficient (Wildman–Crippen LogP) is 4.98. The van der Waals surface area contributed by atoms with Gasteiger partial charge in [-0.05, 0) is 79.1 Å². The Morgan fingerprint density at radius 1 is 1.03 bits per heavy atom. The molecule has 8 heteroatoms. The van der Waals surface area contributed by atoms with Gasteiger partial charge in [0, 0.05) is 28.0 Å². The Morgan fingerprint density at radius 3 is 2.53 bits per heavy atom. The number of nitrogens with zero attached hydrogens (tertiary/aromatic N) is 1. The van der Waals surface area contributed by atoms with Gasteiger partial charge in [0.25, 0.3) is 15.9 Å². The van der Waals surface area contributed by atoms with Crippen LogP contribution in [0.25, 0.3) is 0 Å². The molecule has 5 nitrogen and oxygen atoms in total. The zero-order valence-electron chi connectivity index (χ0n) is 15.8. The van der Waals surface area contributed by atoms with Crippen LogP contribution in [0.15, 0.2) is 76.1 Å². The van der Waals surface area contributed by atoms with E-state index in [-0.39, 0.29) is 10.8 Å². The number of anilines is 2. The lowest BCUT2D eigenvalue weighted by Crippen LogP contribution is -2.35. The summed E-state index contributed by atoms with van der Waals surface area (Å²) in [5, 5.41) is 0. The molecular weight excluding hydrogens is 471 g/mol. The molecule has 1 heterocycles. The van der Waals surface area contributed by atoms with E-state index in [4.69, 9.17) is 0 Å². The van der Waals surface area contributed by atoms with Gasteiger partial charge in [-0.2, -0.15) is 0 Å². The second-order valence-corrected chi connectivity index (χ2v) is 9.57. The molecule has 3 aromatic carbocycles. The van der Waals surface area contributed by atoms with Crippen molar-refractivity contribution in [3.05, 3.63) is 88.1 Å². The fourth-order valence-corrected chi connectivity index (χ4v) is 4.96. The van der Waals surface area contributed by atoms with Gasteiger partial charge in [0.05, 0.1) is 4.90 Å². The van der Waals surface area contributed by atoms with Crippen molar-refractivity contribution in [2.75, 3.05) is 16.2 Å². The van der Waals surface area contributed by atoms with Gasteiger partial charge in [0.15, 0.2) is 0 Å². The predicted molar refractivity (Wildman–Crippen MR) is 118 cm³/mol. The van der Waals surface area contributed by atoms with Gasteiger partial charge < -0.3 is 4.90 Å². The number of benzene rings is 3. The first-order valence-electron chi connectivity index (χ1n) is 9.32. The first-order chi connectivity index (χ1) is 14.3. The van der Waals surface area contributed by atoms with Crippen molar-refractivity contribution >= 4 is 43.2 Å². The number of sulfonamides is 1. The summed E-state index contributed by atoms with van der Waals surface area (Å²) in [6.45, 7) is 0.519. The van der Waals surface area contributed by atoms with Crippen LogP contribution in [0.3, 0.4) is 0 Å². The largest absolute Gasteiger partial charge is 0.308 e. The summed E-state index contributed by atoms with van der Waals surface area (Å²) in [4.78, 5) is 14.6. The van der Waals surface area contributed by atoms with Crippen LogP contribution in [0.2, 0.25) is 0 Å². The average molecular weight is 489 g/mol. The van der Waals surface area contributed by atoms with Crippen molar-refractivity contribution < 1.29 is 17.6 Å². The monoisotopic (exact) mass is 488 g/mol. The lowest BCUT2D eigenvalue weighted by molar-refractivity contribution is 0.0985. The molecule has 1 amide bonds. The minimum Gasteiger partial charge on any atom is -0.308 e. The van der Waals surface area contributed by atoms with Gasteiger partial charge in [-0.15, -0.1) is 0 Å². The standard InChI is InChI=1S/C22H18BrFN2O3S/c23-17-4-1-5-19(14-17)25-30(28,29)20-10-11-21-16(13-20)3-2-12-26(21)22(27)15-6-8-18(24)9-7-15/h1,4-11,13-14,25H,2-3,12H2. The zero-order chi connectivity index (χ0) is 21.3. The molecule has 0 fully saturated rings. The summed E-state index contributed by atoms with van der Waals surface area (Å²) >= 11 is 3.33. The molecule has 0 bridgehead atoms. The van der Waals surface area contributed by atoms with Gasteiger partial charge >= 0.3 is 0 Å². The van der Waals surface area contributed by atoms with Gasteiger partial charge in [-0.3, -0.25) is 9.52 Å². The van der Waals surface area contributed by atoms with Gasteiger partial charge in [0.2, 0.25) is 0 Å². The molecule has 0 spiro atoms. The summed E-state index contributed by atoms with van der Waals surface area (Å²) in [6, 6.07) is 17.1. The third kappa shape index (κ3) is 4.24. The molecule has 1 N–H and O–H groups in total. The summed E-state index contributed by atoms with van der Waals surface area (Å²) in [6.07, 6.45) is 1.38. The Morgan fingerprint density at radius 2 is 1.80 bits per heavy atom. The van der Waals surface area contributed by atoms with Crippen LogP contribution in [-0.2, 0) is 16.4 Å². The summed E-state index contributed by atoms with van der Waals surface area (Å²) in [5.74, 6) is -0.641. The Kier molecular flexibility index (Phi) is 5.62. The van der Waals surface area contributed by atoms with E-state index < -0.39 is 15.8 Å². The Bertz CT molecular complexity index is 1210. The molecule has 4 rings (SSSR count). The first-order valence-corrected chi connectivity index (χ1v) is 11.6. The quantitative estimate of drug-likeness (QED) is 0.562. The number of amides is 1. The van der Waals surface area contributed by atoms with Crippen LogP contribution in [0.4, 0.5) is 15.8 Å². The summed E-state index contributed by atoms with van der Waals surface area (Å²) in [5.41, 5.74) is 2.30. The Hall–Kier alpha value is -2.71. The van der Waals surface area contributed by atoms with Gasteiger partial charge in [-0.1, -0.05) is 22.0 Å². The fourth-order valence-electron chi connectivity index (χ4n) is 3.47. The lowest BCUT2D eigenvalue weighted by atomic mass is 10.0. The molecule has 0 saturated carbocycles. The summed E-state index contributed by atoms with van der Waals surface area (Å²) < 4.78 is 42.2. The number of carbonyl (C=O) groups excluding carboxylic acids is 1. The molecule has 30 heavy (non-hydrogen) atoms. The molecule has 0 radical (unpaired) electrons. The van der Waals surface area contributed by atoms with Crippen molar-refractivity contribution in [2.45, 2.75) is 17.7 Å². The normalized spacial score (nSPS) is 13.6. The molecule has 0 atom stereocenters. The highest BCUT2D eigenvalue weighted by Gasteiger charge is 2.25. The molecule has 0 aliphatic carbocycles. The highest BCUT2D eigenvalue weighted by molar-refractivity contribution is 9.10. The molecule has 0 saturated heterocycles. The number of hydrogen-bond acceptors (Lipinski definition) is 3. The SMILES string of the molecule is O=C(c1ccc(F)cc1)N1CCCc2cc(S(=O)(=O)Nc3cccc(Br)c3)ccc21. The third-order valence-electron chi connectivity index (χ3n) is 4.89. The molecule has 154 valence electrons. The van der Waals surface area contributed by atoms with E-state index >= 15 is 0 Å². The third-order valence-corrected chi connectivity index (χ3v) is 6.77. The minimum absolute atomic E-state index is 0.136. The Labute approximate surface area is 182 Å². The highest BCUT2D eigenvalue weighted by atomic mass is 79.9. The van der Waals surface area contributed by atoms with Crippen LogP contribution >= 0.6 is 15.9 Å². The van der Waals surface area contributed by atoms with Crippen LogP contribution in [0, 0.1) is 5.82 Å². The van der Waals surface area contributed by atoms with Crippen LogP contribution in [0.1, 0.15) is 22.3 Å². The van der Waals surface area contributed by atoms with E-state index in [0.717, 1.165) is 10.0 Å². The summed E-state index contributed by atoms with van der Waals surface area (Å²) in [7, 11) is -3.77. The number of nitrogens with one attached hydrogen (secondary N) is 1. The first kappa shape index (κ1) is 20.6. The van der Waals surface area contributed by atoms with Gasteiger partial charge in [-0.25, -0.2) is 12.8 Å².